The summed E-state index contributed by atoms with van der Waals surface area (Å²) in [6.07, 6.45) is 0. The molecule has 0 aliphatic rings. The highest BCUT2D eigenvalue weighted by Gasteiger charge is 2.32. The maximum atomic E-state index is 13.8. The van der Waals surface area contributed by atoms with Crippen LogP contribution in [0.2, 0.25) is 5.02 Å². The van der Waals surface area contributed by atoms with Gasteiger partial charge in [0.1, 0.15) is 18.3 Å². The Kier molecular flexibility index (Phi) is 10.2. The molecule has 0 radical (unpaired) electrons. The van der Waals surface area contributed by atoms with Crippen LogP contribution in [0.5, 0.6) is 5.75 Å². The Hall–Kier alpha value is -3.56. The van der Waals surface area contributed by atoms with Crippen molar-refractivity contribution in [1.82, 2.24) is 10.2 Å². The Bertz CT molecular complexity index is 1320. The van der Waals surface area contributed by atoms with Crippen molar-refractivity contribution in [2.45, 2.75) is 38.3 Å². The molecule has 0 fully saturated rings. The van der Waals surface area contributed by atoms with Gasteiger partial charge in [0.2, 0.25) is 11.8 Å². The summed E-state index contributed by atoms with van der Waals surface area (Å²) in [4.78, 5) is 27.9. The molecular formula is C28H32ClN3O5S. The van der Waals surface area contributed by atoms with Crippen LogP contribution in [-0.2, 0) is 26.2 Å². The molecule has 0 bridgehead atoms. The molecule has 0 aromatic heterocycles. The number of amides is 2. The highest BCUT2D eigenvalue weighted by atomic mass is 35.5. The van der Waals surface area contributed by atoms with E-state index in [0.717, 1.165) is 9.87 Å². The summed E-state index contributed by atoms with van der Waals surface area (Å²) in [7, 11) is -4.14. The fourth-order valence-electron chi connectivity index (χ4n) is 3.82. The summed E-state index contributed by atoms with van der Waals surface area (Å²) in [5, 5.41) is 3.28. The second kappa shape index (κ2) is 13.3. The number of likely N-dealkylation sites (N-methyl/N-ethyl adjacent to an activating group) is 1. The number of ether oxygens (including phenoxy) is 1. The van der Waals surface area contributed by atoms with Crippen molar-refractivity contribution in [3.05, 3.63) is 89.4 Å². The van der Waals surface area contributed by atoms with Gasteiger partial charge in [-0.05, 0) is 74.9 Å². The fraction of sp³-hybridized carbons (Fsp3) is 0.286. The average Bonchev–Trinajstić information content (AvgIpc) is 2.92. The van der Waals surface area contributed by atoms with Crippen LogP contribution in [0.1, 0.15) is 26.3 Å². The Balaban J connectivity index is 1.98. The lowest BCUT2D eigenvalue weighted by atomic mass is 10.1. The molecule has 10 heteroatoms. The number of halogens is 1. The van der Waals surface area contributed by atoms with E-state index in [1.165, 1.54) is 17.0 Å². The molecule has 0 saturated heterocycles. The molecule has 8 nitrogen and oxygen atoms in total. The van der Waals surface area contributed by atoms with Crippen molar-refractivity contribution in [2.75, 3.05) is 24.0 Å². The van der Waals surface area contributed by atoms with Gasteiger partial charge in [0.05, 0.1) is 17.2 Å². The quantitative estimate of drug-likeness (QED) is 0.354. The van der Waals surface area contributed by atoms with E-state index in [9.17, 15) is 18.0 Å². The van der Waals surface area contributed by atoms with E-state index in [0.29, 0.717) is 29.6 Å². The number of carbonyl (C=O) groups excluding carboxylic acids is 2. The largest absolute Gasteiger partial charge is 0.494 e. The molecule has 1 atom stereocenters. The fourth-order valence-corrected chi connectivity index (χ4v) is 5.36. The van der Waals surface area contributed by atoms with Gasteiger partial charge in [0.15, 0.2) is 0 Å². The van der Waals surface area contributed by atoms with Gasteiger partial charge < -0.3 is 15.0 Å². The van der Waals surface area contributed by atoms with E-state index in [4.69, 9.17) is 16.3 Å². The topological polar surface area (TPSA) is 96.0 Å². The van der Waals surface area contributed by atoms with Gasteiger partial charge in [-0.2, -0.15) is 0 Å². The first-order chi connectivity index (χ1) is 18.2. The third-order valence-electron chi connectivity index (χ3n) is 5.83. The Morgan fingerprint density at radius 2 is 1.58 bits per heavy atom. The molecule has 202 valence electrons. The zero-order chi connectivity index (χ0) is 27.7. The van der Waals surface area contributed by atoms with Crippen molar-refractivity contribution >= 4 is 39.1 Å². The Labute approximate surface area is 229 Å². The molecule has 38 heavy (non-hydrogen) atoms. The van der Waals surface area contributed by atoms with Crippen molar-refractivity contribution in [2.24, 2.45) is 0 Å². The Morgan fingerprint density at radius 3 is 2.16 bits per heavy atom. The monoisotopic (exact) mass is 557 g/mol. The van der Waals surface area contributed by atoms with Gasteiger partial charge in [-0.1, -0.05) is 41.9 Å². The first kappa shape index (κ1) is 29.0. The minimum atomic E-state index is -4.14. The number of anilines is 1. The van der Waals surface area contributed by atoms with E-state index in [1.54, 1.807) is 80.6 Å². The Morgan fingerprint density at radius 1 is 0.947 bits per heavy atom. The molecule has 3 aromatic carbocycles. The van der Waals surface area contributed by atoms with E-state index >= 15 is 0 Å². The zero-order valence-electron chi connectivity index (χ0n) is 21.6. The maximum absolute atomic E-state index is 13.8. The van der Waals surface area contributed by atoms with E-state index in [2.05, 4.69) is 5.32 Å². The zero-order valence-corrected chi connectivity index (χ0v) is 23.2. The number of carbonyl (C=O) groups is 2. The first-order valence-electron chi connectivity index (χ1n) is 12.3. The molecular weight excluding hydrogens is 526 g/mol. The lowest BCUT2D eigenvalue weighted by Gasteiger charge is -2.32. The van der Waals surface area contributed by atoms with Crippen LogP contribution in [0.15, 0.2) is 83.8 Å². The number of nitrogens with zero attached hydrogens (tertiary/aromatic N) is 2. The summed E-state index contributed by atoms with van der Waals surface area (Å²) in [5.41, 5.74) is 1.08. The molecule has 0 aliphatic heterocycles. The molecule has 1 N–H and O–H groups in total. The number of nitrogens with one attached hydrogen (secondary N) is 1. The summed E-state index contributed by atoms with van der Waals surface area (Å²) >= 11 is 6.01. The molecule has 1 unspecified atom stereocenters. The van der Waals surface area contributed by atoms with Crippen LogP contribution in [0.3, 0.4) is 0 Å². The minimum absolute atomic E-state index is 0.0126. The molecule has 0 spiro atoms. The third-order valence-corrected chi connectivity index (χ3v) is 7.87. The molecule has 0 saturated carbocycles. The first-order valence-corrected chi connectivity index (χ1v) is 14.1. The third kappa shape index (κ3) is 7.26. The van der Waals surface area contributed by atoms with E-state index in [-0.39, 0.29) is 17.3 Å². The lowest BCUT2D eigenvalue weighted by Crippen LogP contribution is -2.51. The van der Waals surface area contributed by atoms with E-state index < -0.39 is 28.5 Å². The van der Waals surface area contributed by atoms with Crippen LogP contribution in [0, 0.1) is 0 Å². The van der Waals surface area contributed by atoms with Gasteiger partial charge in [0, 0.05) is 18.1 Å². The second-order valence-electron chi connectivity index (χ2n) is 8.47. The van der Waals surface area contributed by atoms with Gasteiger partial charge in [-0.3, -0.25) is 13.9 Å². The highest BCUT2D eigenvalue weighted by molar-refractivity contribution is 7.92. The van der Waals surface area contributed by atoms with Gasteiger partial charge in [-0.15, -0.1) is 0 Å². The van der Waals surface area contributed by atoms with Gasteiger partial charge in [0.25, 0.3) is 10.0 Å². The number of para-hydroxylation sites is 1. The average molecular weight is 558 g/mol. The van der Waals surface area contributed by atoms with Crippen LogP contribution < -0.4 is 14.4 Å². The normalized spacial score (nSPS) is 11.9. The predicted octanol–water partition coefficient (Wildman–Crippen LogP) is 4.49. The second-order valence-corrected chi connectivity index (χ2v) is 10.8. The SMILES string of the molecule is CCNC(=O)C(C)N(Cc1ccc(Cl)cc1)C(=O)CN(c1ccccc1)S(=O)(=O)c1ccc(OCC)cc1. The van der Waals surface area contributed by atoms with Gasteiger partial charge in [-0.25, -0.2) is 8.42 Å². The number of hydrogen-bond donors (Lipinski definition) is 1. The summed E-state index contributed by atoms with van der Waals surface area (Å²) in [6, 6.07) is 20.5. The van der Waals surface area contributed by atoms with Crippen molar-refractivity contribution in [3.63, 3.8) is 0 Å². The highest BCUT2D eigenvalue weighted by Crippen LogP contribution is 2.26. The molecule has 0 heterocycles. The molecule has 3 rings (SSSR count). The standard InChI is InChI=1S/C28H32ClN3O5S/c1-4-30-28(34)21(3)31(19-22-11-13-23(29)14-12-22)27(33)20-32(24-9-7-6-8-10-24)38(35,36)26-17-15-25(16-18-26)37-5-2/h6-18,21H,4-5,19-20H2,1-3H3,(H,30,34). The molecule has 2 amide bonds. The van der Waals surface area contributed by atoms with Crippen LogP contribution in [0.25, 0.3) is 0 Å². The predicted molar refractivity (Wildman–Crippen MR) is 149 cm³/mol. The number of rotatable bonds is 12. The summed E-state index contributed by atoms with van der Waals surface area (Å²) < 4.78 is 34.1. The smallest absolute Gasteiger partial charge is 0.264 e. The minimum Gasteiger partial charge on any atom is -0.494 e. The van der Waals surface area contributed by atoms with Crippen molar-refractivity contribution in [1.29, 1.82) is 0 Å². The van der Waals surface area contributed by atoms with Crippen LogP contribution in [0.4, 0.5) is 5.69 Å². The van der Waals surface area contributed by atoms with Crippen LogP contribution >= 0.6 is 11.6 Å². The summed E-state index contributed by atoms with van der Waals surface area (Å²) in [6.45, 7) is 5.68. The maximum Gasteiger partial charge on any atom is 0.264 e. The number of benzene rings is 3. The van der Waals surface area contributed by atoms with Crippen molar-refractivity contribution in [3.8, 4) is 5.75 Å². The van der Waals surface area contributed by atoms with Crippen molar-refractivity contribution < 1.29 is 22.7 Å². The number of hydrogen-bond acceptors (Lipinski definition) is 5. The van der Waals surface area contributed by atoms with Crippen LogP contribution in [-0.4, -0.2) is 50.9 Å². The lowest BCUT2D eigenvalue weighted by molar-refractivity contribution is -0.139. The van der Waals surface area contributed by atoms with Gasteiger partial charge >= 0.3 is 0 Å². The van der Waals surface area contributed by atoms with E-state index in [1.807, 2.05) is 6.92 Å². The molecule has 3 aromatic rings. The summed E-state index contributed by atoms with van der Waals surface area (Å²) in [5.74, 6) is -0.328. The molecule has 0 aliphatic carbocycles. The number of sulfonamides is 1.